The molecule has 6 rings (SSSR count). The molecule has 1 spiro atoms. The highest BCUT2D eigenvalue weighted by atomic mass is 14.6. The first kappa shape index (κ1) is 14.1. The maximum atomic E-state index is 6.21. The molecule has 3 aliphatic rings. The van der Waals surface area contributed by atoms with Gasteiger partial charge in [0, 0.05) is 11.6 Å². The van der Waals surface area contributed by atoms with Gasteiger partial charge in [-0.15, -0.1) is 0 Å². The van der Waals surface area contributed by atoms with Crippen molar-refractivity contribution in [1.29, 1.82) is 0 Å². The summed E-state index contributed by atoms with van der Waals surface area (Å²) in [6.07, 6.45) is 5.38. The van der Waals surface area contributed by atoms with Crippen LogP contribution in [0.5, 0.6) is 0 Å². The summed E-state index contributed by atoms with van der Waals surface area (Å²) in [7, 11) is 0. The highest BCUT2D eigenvalue weighted by Crippen LogP contribution is 2.65. The molecule has 1 atom stereocenters. The Balaban J connectivity index is 1.80. The summed E-state index contributed by atoms with van der Waals surface area (Å²) in [5.41, 5.74) is 16.8. The molecule has 0 heterocycles. The van der Waals surface area contributed by atoms with Gasteiger partial charge in [-0.3, -0.25) is 0 Å². The molecule has 2 N–H and O–H groups in total. The van der Waals surface area contributed by atoms with E-state index in [1.807, 2.05) is 0 Å². The van der Waals surface area contributed by atoms with E-state index in [-0.39, 0.29) is 5.41 Å². The molecule has 3 aromatic carbocycles. The van der Waals surface area contributed by atoms with E-state index in [9.17, 15) is 0 Å². The van der Waals surface area contributed by atoms with E-state index in [1.165, 1.54) is 39.0 Å². The van der Waals surface area contributed by atoms with E-state index >= 15 is 0 Å². The van der Waals surface area contributed by atoms with Crippen LogP contribution in [0, 0.1) is 5.92 Å². The molecule has 0 saturated heterocycles. The number of benzene rings is 3. The summed E-state index contributed by atoms with van der Waals surface area (Å²) in [6.45, 7) is 0. The maximum absolute atomic E-state index is 6.21. The predicted molar refractivity (Wildman–Crippen MR) is 107 cm³/mol. The standard InChI is InChI=1S/C25H19N/c26-16-13-14-24-20(15-16)19-9-3-6-12-23(19)25(24)21-10-4-1-7-17(21)18-8-2-5-11-22(18)25/h1-13,15,24H,14,26H2. The van der Waals surface area contributed by atoms with Gasteiger partial charge >= 0.3 is 0 Å². The second-order valence-corrected chi connectivity index (χ2v) is 7.54. The molecule has 3 aromatic rings. The molecule has 0 bridgehead atoms. The molecular formula is C25H19N. The lowest BCUT2D eigenvalue weighted by atomic mass is 9.65. The van der Waals surface area contributed by atoms with Crippen molar-refractivity contribution in [1.82, 2.24) is 0 Å². The molecule has 1 nitrogen and oxygen atoms in total. The Morgan fingerprint density at radius 3 is 1.81 bits per heavy atom. The minimum Gasteiger partial charge on any atom is -0.399 e. The van der Waals surface area contributed by atoms with E-state index in [0.717, 1.165) is 12.1 Å². The van der Waals surface area contributed by atoms with Crippen LogP contribution in [0.1, 0.15) is 28.7 Å². The fourth-order valence-corrected chi connectivity index (χ4v) is 5.60. The molecule has 1 heteroatoms. The van der Waals surface area contributed by atoms with Crippen LogP contribution in [0.25, 0.3) is 16.7 Å². The molecule has 0 amide bonds. The average molecular weight is 333 g/mol. The monoisotopic (exact) mass is 333 g/mol. The van der Waals surface area contributed by atoms with Gasteiger partial charge in [-0.1, -0.05) is 78.9 Å². The fraction of sp³-hybridized carbons (Fsp3) is 0.120. The second kappa shape index (κ2) is 4.76. The first-order chi connectivity index (χ1) is 12.8. The Hall–Kier alpha value is -3.06. The quantitative estimate of drug-likeness (QED) is 0.596. The second-order valence-electron chi connectivity index (χ2n) is 7.54. The molecule has 1 unspecified atom stereocenters. The van der Waals surface area contributed by atoms with E-state index in [2.05, 4.69) is 84.9 Å². The molecule has 0 aliphatic heterocycles. The van der Waals surface area contributed by atoms with E-state index in [4.69, 9.17) is 5.73 Å². The van der Waals surface area contributed by atoms with Gasteiger partial charge in [0.05, 0.1) is 5.41 Å². The lowest BCUT2D eigenvalue weighted by Gasteiger charge is -2.36. The van der Waals surface area contributed by atoms with Gasteiger partial charge in [-0.05, 0) is 51.5 Å². The van der Waals surface area contributed by atoms with Gasteiger partial charge in [0.25, 0.3) is 0 Å². The van der Waals surface area contributed by atoms with Crippen molar-refractivity contribution < 1.29 is 0 Å². The summed E-state index contributed by atoms with van der Waals surface area (Å²) in [6, 6.07) is 26.8. The Morgan fingerprint density at radius 1 is 0.692 bits per heavy atom. The van der Waals surface area contributed by atoms with Crippen LogP contribution in [0.2, 0.25) is 0 Å². The molecule has 124 valence electrons. The lowest BCUT2D eigenvalue weighted by molar-refractivity contribution is 0.493. The van der Waals surface area contributed by atoms with Crippen LogP contribution in [-0.4, -0.2) is 0 Å². The van der Waals surface area contributed by atoms with E-state index in [0.29, 0.717) is 5.92 Å². The van der Waals surface area contributed by atoms with Crippen molar-refractivity contribution in [2.24, 2.45) is 11.7 Å². The van der Waals surface area contributed by atoms with Gasteiger partial charge in [-0.2, -0.15) is 0 Å². The molecule has 26 heavy (non-hydrogen) atoms. The topological polar surface area (TPSA) is 26.0 Å². The molecule has 0 radical (unpaired) electrons. The minimum atomic E-state index is -0.104. The SMILES string of the molecule is NC1=CCC2C(=C1)c1ccccc1C21c2ccccc2-c2ccccc21. The van der Waals surface area contributed by atoms with Crippen molar-refractivity contribution in [3.63, 3.8) is 0 Å². The fourth-order valence-electron chi connectivity index (χ4n) is 5.60. The van der Waals surface area contributed by atoms with Gasteiger partial charge in [-0.25, -0.2) is 0 Å². The van der Waals surface area contributed by atoms with Crippen molar-refractivity contribution >= 4 is 5.57 Å². The lowest BCUT2D eigenvalue weighted by Crippen LogP contribution is -2.32. The number of rotatable bonds is 0. The zero-order chi connectivity index (χ0) is 17.3. The van der Waals surface area contributed by atoms with Crippen molar-refractivity contribution in [3.8, 4) is 11.1 Å². The molecule has 0 saturated carbocycles. The first-order valence-corrected chi connectivity index (χ1v) is 9.28. The number of allylic oxidation sites excluding steroid dienone is 3. The number of nitrogens with two attached hydrogens (primary N) is 1. The Kier molecular flexibility index (Phi) is 2.59. The average Bonchev–Trinajstić information content (AvgIpc) is 3.15. The van der Waals surface area contributed by atoms with E-state index < -0.39 is 0 Å². The predicted octanol–water partition coefficient (Wildman–Crippen LogP) is 5.26. The normalized spacial score (nSPS) is 20.7. The number of hydrogen-bond donors (Lipinski definition) is 1. The Morgan fingerprint density at radius 2 is 1.19 bits per heavy atom. The summed E-state index contributed by atoms with van der Waals surface area (Å²) in [5, 5.41) is 0. The van der Waals surface area contributed by atoms with Gasteiger partial charge in [0.15, 0.2) is 0 Å². The molecule has 0 aromatic heterocycles. The summed E-state index contributed by atoms with van der Waals surface area (Å²) >= 11 is 0. The summed E-state index contributed by atoms with van der Waals surface area (Å²) < 4.78 is 0. The van der Waals surface area contributed by atoms with Crippen LogP contribution < -0.4 is 5.73 Å². The smallest absolute Gasteiger partial charge is 0.0541 e. The molecule has 3 aliphatic carbocycles. The van der Waals surface area contributed by atoms with Crippen LogP contribution in [0.4, 0.5) is 0 Å². The highest BCUT2D eigenvalue weighted by Gasteiger charge is 2.55. The zero-order valence-corrected chi connectivity index (χ0v) is 14.4. The summed E-state index contributed by atoms with van der Waals surface area (Å²) in [5.74, 6) is 0.400. The van der Waals surface area contributed by atoms with E-state index in [1.54, 1.807) is 0 Å². The van der Waals surface area contributed by atoms with Gasteiger partial charge < -0.3 is 5.73 Å². The van der Waals surface area contributed by atoms with Gasteiger partial charge in [0.1, 0.15) is 0 Å². The minimum absolute atomic E-state index is 0.104. The van der Waals surface area contributed by atoms with Crippen molar-refractivity contribution in [3.05, 3.63) is 113 Å². The number of hydrogen-bond acceptors (Lipinski definition) is 1. The van der Waals surface area contributed by atoms with Crippen LogP contribution in [0.15, 0.2) is 90.6 Å². The largest absolute Gasteiger partial charge is 0.399 e. The maximum Gasteiger partial charge on any atom is 0.0541 e. The molecule has 0 fully saturated rings. The summed E-state index contributed by atoms with van der Waals surface area (Å²) in [4.78, 5) is 0. The van der Waals surface area contributed by atoms with Crippen molar-refractivity contribution in [2.75, 3.05) is 0 Å². The molecular weight excluding hydrogens is 314 g/mol. The third-order valence-corrected chi connectivity index (χ3v) is 6.47. The highest BCUT2D eigenvalue weighted by molar-refractivity contribution is 5.92. The number of fused-ring (bicyclic) bond motifs is 10. The Labute approximate surface area is 153 Å². The Bertz CT molecular complexity index is 1090. The third kappa shape index (κ3) is 1.48. The van der Waals surface area contributed by atoms with Gasteiger partial charge in [0.2, 0.25) is 0 Å². The van der Waals surface area contributed by atoms with Crippen LogP contribution in [-0.2, 0) is 5.41 Å². The van der Waals surface area contributed by atoms with Crippen molar-refractivity contribution in [2.45, 2.75) is 11.8 Å². The van der Waals surface area contributed by atoms with Crippen LogP contribution in [0.3, 0.4) is 0 Å². The first-order valence-electron chi connectivity index (χ1n) is 9.28. The zero-order valence-electron chi connectivity index (χ0n) is 14.4. The van der Waals surface area contributed by atoms with Crippen LogP contribution >= 0.6 is 0 Å². The third-order valence-electron chi connectivity index (χ3n) is 6.47.